The van der Waals surface area contributed by atoms with Crippen molar-refractivity contribution in [1.29, 1.82) is 0 Å². The Morgan fingerprint density at radius 2 is 1.72 bits per heavy atom. The minimum absolute atomic E-state index is 0.0209. The highest BCUT2D eigenvalue weighted by Crippen LogP contribution is 2.21. The maximum Gasteiger partial charge on any atom is 0.242 e. The Balaban J connectivity index is 1.46. The third-order valence-electron chi connectivity index (χ3n) is 5.64. The molecule has 0 radical (unpaired) electrons. The van der Waals surface area contributed by atoms with Crippen LogP contribution in [0.15, 0.2) is 47.4 Å². The van der Waals surface area contributed by atoms with Gasteiger partial charge in [-0.05, 0) is 48.6 Å². The van der Waals surface area contributed by atoms with Crippen LogP contribution in [-0.2, 0) is 19.6 Å². The number of fused-ring (bicyclic) bond motifs is 1. The lowest BCUT2D eigenvalue weighted by molar-refractivity contribution is -0.142. The topological polar surface area (TPSA) is 86.8 Å². The predicted octanol–water partition coefficient (Wildman–Crippen LogP) is 1.73. The van der Waals surface area contributed by atoms with Crippen LogP contribution in [-0.4, -0.2) is 62.3 Å². The number of carbonyl (C=O) groups excluding carboxylic acids is 2. The fraction of sp³-hybridized carbons (Fsp3) is 0.429. The average molecular weight is 416 g/mol. The molecule has 2 fully saturated rings. The second-order valence-corrected chi connectivity index (χ2v) is 9.39. The molecule has 2 aliphatic rings. The van der Waals surface area contributed by atoms with Crippen LogP contribution in [0.2, 0.25) is 0 Å². The van der Waals surface area contributed by atoms with Crippen LogP contribution in [0.3, 0.4) is 0 Å². The van der Waals surface area contributed by atoms with Crippen LogP contribution in [0.25, 0.3) is 10.8 Å². The van der Waals surface area contributed by atoms with E-state index in [9.17, 15) is 18.0 Å². The number of hydrogen-bond acceptors (Lipinski definition) is 4. The van der Waals surface area contributed by atoms with E-state index in [0.717, 1.165) is 36.7 Å². The molecule has 154 valence electrons. The summed E-state index contributed by atoms with van der Waals surface area (Å²) in [5.41, 5.74) is 0. The molecule has 2 amide bonds. The van der Waals surface area contributed by atoms with Crippen molar-refractivity contribution in [3.05, 3.63) is 42.5 Å². The lowest BCUT2D eigenvalue weighted by Gasteiger charge is -2.33. The fourth-order valence-corrected chi connectivity index (χ4v) is 5.28. The Kier molecular flexibility index (Phi) is 5.56. The number of likely N-dealkylation sites (tertiary alicyclic amines) is 2. The Bertz CT molecular complexity index is 1030. The molecule has 1 atom stereocenters. The van der Waals surface area contributed by atoms with Crippen molar-refractivity contribution in [3.63, 3.8) is 0 Å². The lowest BCUT2D eigenvalue weighted by atomic mass is 10.1. The van der Waals surface area contributed by atoms with Gasteiger partial charge in [-0.1, -0.05) is 30.3 Å². The fourth-order valence-electron chi connectivity index (χ4n) is 4.03. The van der Waals surface area contributed by atoms with Crippen LogP contribution in [0, 0.1) is 0 Å². The SMILES string of the molecule is O=C(CN1CCCC(NS(=O)(=O)c2ccc3ccccc3c2)C1=O)N1CCCC1. The molecule has 2 aliphatic heterocycles. The summed E-state index contributed by atoms with van der Waals surface area (Å²) >= 11 is 0. The van der Waals surface area contributed by atoms with E-state index in [2.05, 4.69) is 4.72 Å². The largest absolute Gasteiger partial charge is 0.341 e. The number of carbonyl (C=O) groups is 2. The van der Waals surface area contributed by atoms with E-state index in [1.807, 2.05) is 24.3 Å². The predicted molar refractivity (Wildman–Crippen MR) is 110 cm³/mol. The van der Waals surface area contributed by atoms with Crippen LogP contribution < -0.4 is 4.72 Å². The normalized spacial score (nSPS) is 20.4. The van der Waals surface area contributed by atoms with Crippen LogP contribution in [0.4, 0.5) is 0 Å². The number of benzene rings is 2. The van der Waals surface area contributed by atoms with Gasteiger partial charge in [-0.3, -0.25) is 9.59 Å². The second-order valence-electron chi connectivity index (χ2n) is 7.67. The third kappa shape index (κ3) is 4.28. The summed E-state index contributed by atoms with van der Waals surface area (Å²) in [6.07, 6.45) is 3.08. The Hall–Kier alpha value is -2.45. The monoisotopic (exact) mass is 415 g/mol. The Labute approximate surface area is 170 Å². The van der Waals surface area contributed by atoms with Gasteiger partial charge in [-0.15, -0.1) is 0 Å². The number of sulfonamides is 1. The maximum absolute atomic E-state index is 12.9. The number of piperidine rings is 1. The molecule has 0 aromatic heterocycles. The van der Waals surface area contributed by atoms with Crippen molar-refractivity contribution in [3.8, 4) is 0 Å². The first-order chi connectivity index (χ1) is 13.9. The van der Waals surface area contributed by atoms with E-state index in [-0.39, 0.29) is 23.3 Å². The first-order valence-corrected chi connectivity index (χ1v) is 11.5. The average Bonchev–Trinajstić information content (AvgIpc) is 3.25. The van der Waals surface area contributed by atoms with E-state index in [4.69, 9.17) is 0 Å². The molecule has 0 aliphatic carbocycles. The van der Waals surface area contributed by atoms with E-state index >= 15 is 0 Å². The first kappa shape index (κ1) is 19.8. The summed E-state index contributed by atoms with van der Waals surface area (Å²) in [7, 11) is -3.84. The van der Waals surface area contributed by atoms with E-state index in [0.29, 0.717) is 19.4 Å². The molecule has 1 N–H and O–H groups in total. The standard InChI is InChI=1S/C21H25N3O4S/c25-20(23-11-3-4-12-23)15-24-13-5-8-19(21(24)26)22-29(27,28)18-10-9-16-6-1-2-7-17(16)14-18/h1-2,6-7,9-10,14,19,22H,3-5,8,11-13,15H2. The Morgan fingerprint density at radius 1 is 1.00 bits per heavy atom. The van der Waals surface area contributed by atoms with Crippen molar-refractivity contribution >= 4 is 32.6 Å². The van der Waals surface area contributed by atoms with Gasteiger partial charge in [0.1, 0.15) is 6.04 Å². The van der Waals surface area contributed by atoms with Gasteiger partial charge < -0.3 is 9.80 Å². The number of hydrogen-bond donors (Lipinski definition) is 1. The molecule has 8 heteroatoms. The first-order valence-electron chi connectivity index (χ1n) is 10.0. The molecule has 1 unspecified atom stereocenters. The van der Waals surface area contributed by atoms with Crippen LogP contribution >= 0.6 is 0 Å². The maximum atomic E-state index is 12.9. The zero-order valence-corrected chi connectivity index (χ0v) is 17.0. The summed E-state index contributed by atoms with van der Waals surface area (Å²) < 4.78 is 28.3. The molecule has 2 heterocycles. The zero-order chi connectivity index (χ0) is 20.4. The van der Waals surface area contributed by atoms with E-state index in [1.165, 1.54) is 4.90 Å². The third-order valence-corrected chi connectivity index (χ3v) is 7.11. The molecule has 7 nitrogen and oxygen atoms in total. The number of amides is 2. The van der Waals surface area contributed by atoms with Crippen molar-refractivity contribution < 1.29 is 18.0 Å². The molecule has 0 bridgehead atoms. The molecule has 2 aromatic rings. The molecular weight excluding hydrogens is 390 g/mol. The molecular formula is C21H25N3O4S. The molecule has 0 spiro atoms. The van der Waals surface area contributed by atoms with Crippen LogP contribution in [0.1, 0.15) is 25.7 Å². The van der Waals surface area contributed by atoms with Gasteiger partial charge in [-0.2, -0.15) is 4.72 Å². The lowest BCUT2D eigenvalue weighted by Crippen LogP contribution is -2.54. The minimum atomic E-state index is -3.84. The summed E-state index contributed by atoms with van der Waals surface area (Å²) in [5.74, 6) is -0.387. The zero-order valence-electron chi connectivity index (χ0n) is 16.2. The van der Waals surface area contributed by atoms with Crippen LogP contribution in [0.5, 0.6) is 0 Å². The van der Waals surface area contributed by atoms with Gasteiger partial charge in [0.25, 0.3) is 0 Å². The Morgan fingerprint density at radius 3 is 2.48 bits per heavy atom. The summed E-state index contributed by atoms with van der Waals surface area (Å²) in [4.78, 5) is 28.6. The van der Waals surface area contributed by atoms with Gasteiger partial charge in [0.15, 0.2) is 0 Å². The van der Waals surface area contributed by atoms with Gasteiger partial charge in [0, 0.05) is 19.6 Å². The highest BCUT2D eigenvalue weighted by atomic mass is 32.2. The van der Waals surface area contributed by atoms with Gasteiger partial charge in [0.2, 0.25) is 21.8 Å². The summed E-state index contributed by atoms with van der Waals surface area (Å²) in [6, 6.07) is 11.6. The van der Waals surface area contributed by atoms with Crippen molar-refractivity contribution in [1.82, 2.24) is 14.5 Å². The van der Waals surface area contributed by atoms with Crippen molar-refractivity contribution in [2.75, 3.05) is 26.2 Å². The number of rotatable bonds is 5. The highest BCUT2D eigenvalue weighted by Gasteiger charge is 2.34. The number of nitrogens with one attached hydrogen (secondary N) is 1. The van der Waals surface area contributed by atoms with Crippen molar-refractivity contribution in [2.24, 2.45) is 0 Å². The molecule has 0 saturated carbocycles. The van der Waals surface area contributed by atoms with Crippen molar-refractivity contribution in [2.45, 2.75) is 36.6 Å². The molecule has 29 heavy (non-hydrogen) atoms. The number of nitrogens with zero attached hydrogens (tertiary/aromatic N) is 2. The second kappa shape index (κ2) is 8.12. The molecule has 2 aromatic carbocycles. The van der Waals surface area contributed by atoms with E-state index in [1.54, 1.807) is 23.1 Å². The summed E-state index contributed by atoms with van der Waals surface area (Å²) in [6.45, 7) is 1.97. The summed E-state index contributed by atoms with van der Waals surface area (Å²) in [5, 5.41) is 1.77. The van der Waals surface area contributed by atoms with E-state index < -0.39 is 16.1 Å². The van der Waals surface area contributed by atoms with Gasteiger partial charge in [-0.25, -0.2) is 8.42 Å². The van der Waals surface area contributed by atoms with Gasteiger partial charge >= 0.3 is 0 Å². The highest BCUT2D eigenvalue weighted by molar-refractivity contribution is 7.89. The minimum Gasteiger partial charge on any atom is -0.341 e. The smallest absolute Gasteiger partial charge is 0.242 e. The molecule has 4 rings (SSSR count). The van der Waals surface area contributed by atoms with Gasteiger partial charge in [0.05, 0.1) is 11.4 Å². The molecule has 2 saturated heterocycles. The quantitative estimate of drug-likeness (QED) is 0.806.